The minimum absolute atomic E-state index is 0.00949. The van der Waals surface area contributed by atoms with Crippen LogP contribution in [0.4, 0.5) is 5.69 Å². The molecule has 0 spiro atoms. The molecular formula is C14H20N2O2S. The van der Waals surface area contributed by atoms with Gasteiger partial charge in [-0.3, -0.25) is 0 Å². The Morgan fingerprint density at radius 1 is 1.42 bits per heavy atom. The number of benzene rings is 1. The van der Waals surface area contributed by atoms with Crippen molar-refractivity contribution in [1.82, 2.24) is 0 Å². The number of fused-ring (bicyclic) bond motifs is 1. The molecule has 0 amide bonds. The molecular weight excluding hydrogens is 260 g/mol. The number of anilines is 1. The van der Waals surface area contributed by atoms with Gasteiger partial charge in [-0.1, -0.05) is 12.1 Å². The molecule has 3 N–H and O–H groups in total. The zero-order valence-electron chi connectivity index (χ0n) is 11.5. The molecule has 104 valence electrons. The molecule has 1 aromatic carbocycles. The van der Waals surface area contributed by atoms with Gasteiger partial charge in [-0.15, -0.1) is 11.8 Å². The molecule has 5 heteroatoms. The normalized spacial score (nSPS) is 22.3. The number of esters is 1. The average molecular weight is 280 g/mol. The second kappa shape index (κ2) is 5.43. The Kier molecular flexibility index (Phi) is 4.06. The number of hydrogen-bond acceptors (Lipinski definition) is 5. The highest BCUT2D eigenvalue weighted by atomic mass is 32.2. The zero-order chi connectivity index (χ0) is 14.0. The molecule has 0 radical (unpaired) electrons. The van der Waals surface area contributed by atoms with Gasteiger partial charge in [0.05, 0.1) is 5.25 Å². The van der Waals surface area contributed by atoms with Gasteiger partial charge in [0.25, 0.3) is 0 Å². The van der Waals surface area contributed by atoms with Gasteiger partial charge in [-0.25, -0.2) is 4.79 Å². The van der Waals surface area contributed by atoms with E-state index in [2.05, 4.69) is 5.32 Å². The van der Waals surface area contributed by atoms with Crippen LogP contribution in [-0.4, -0.2) is 29.4 Å². The van der Waals surface area contributed by atoms with Gasteiger partial charge in [-0.05, 0) is 32.9 Å². The SMILES string of the molecule is CC(C)(C)OC(=O)C1Nc2ccccc2SC1CN. The van der Waals surface area contributed by atoms with Crippen LogP contribution >= 0.6 is 11.8 Å². The fourth-order valence-electron chi connectivity index (χ4n) is 1.94. The highest BCUT2D eigenvalue weighted by Crippen LogP contribution is 2.37. The van der Waals surface area contributed by atoms with Crippen LogP contribution < -0.4 is 11.1 Å². The number of ether oxygens (including phenoxy) is 1. The number of rotatable bonds is 2. The zero-order valence-corrected chi connectivity index (χ0v) is 12.3. The van der Waals surface area contributed by atoms with Crippen molar-refractivity contribution in [3.05, 3.63) is 24.3 Å². The van der Waals surface area contributed by atoms with Crippen molar-refractivity contribution in [3.63, 3.8) is 0 Å². The molecule has 0 aliphatic carbocycles. The number of thioether (sulfide) groups is 1. The van der Waals surface area contributed by atoms with Crippen molar-refractivity contribution in [2.75, 3.05) is 11.9 Å². The molecule has 4 nitrogen and oxygen atoms in total. The summed E-state index contributed by atoms with van der Waals surface area (Å²) < 4.78 is 5.45. The quantitative estimate of drug-likeness (QED) is 0.813. The lowest BCUT2D eigenvalue weighted by atomic mass is 10.1. The fraction of sp³-hybridized carbons (Fsp3) is 0.500. The van der Waals surface area contributed by atoms with Crippen molar-refractivity contribution in [2.24, 2.45) is 5.73 Å². The van der Waals surface area contributed by atoms with Crippen molar-refractivity contribution >= 4 is 23.4 Å². The Labute approximate surface area is 118 Å². The lowest BCUT2D eigenvalue weighted by Crippen LogP contribution is -2.47. The van der Waals surface area contributed by atoms with Crippen LogP contribution in [0, 0.1) is 0 Å². The standard InChI is InChI=1S/C14H20N2O2S/c1-14(2,3)18-13(17)12-11(8-15)19-10-7-5-4-6-9(10)16-12/h4-7,11-12,16H,8,15H2,1-3H3. The van der Waals surface area contributed by atoms with Crippen molar-refractivity contribution < 1.29 is 9.53 Å². The molecule has 2 rings (SSSR count). The predicted molar refractivity (Wildman–Crippen MR) is 78.4 cm³/mol. The third-order valence-electron chi connectivity index (χ3n) is 2.74. The molecule has 0 aromatic heterocycles. The van der Waals surface area contributed by atoms with E-state index in [1.807, 2.05) is 45.0 Å². The molecule has 0 saturated heterocycles. The van der Waals surface area contributed by atoms with Crippen molar-refractivity contribution in [2.45, 2.75) is 42.6 Å². The molecule has 2 unspecified atom stereocenters. The summed E-state index contributed by atoms with van der Waals surface area (Å²) in [7, 11) is 0. The maximum atomic E-state index is 12.2. The Balaban J connectivity index is 2.19. The van der Waals surface area contributed by atoms with Gasteiger partial charge >= 0.3 is 5.97 Å². The van der Waals surface area contributed by atoms with E-state index in [0.717, 1.165) is 10.6 Å². The number of nitrogens with one attached hydrogen (secondary N) is 1. The van der Waals surface area contributed by atoms with Crippen LogP contribution in [0.5, 0.6) is 0 Å². The second-order valence-corrected chi connectivity index (χ2v) is 6.82. The fourth-order valence-corrected chi connectivity index (χ4v) is 3.09. The Morgan fingerprint density at radius 3 is 2.74 bits per heavy atom. The number of carbonyl (C=O) groups is 1. The van der Waals surface area contributed by atoms with Crippen LogP contribution in [-0.2, 0) is 9.53 Å². The maximum absolute atomic E-state index is 12.2. The summed E-state index contributed by atoms with van der Waals surface area (Å²) >= 11 is 1.63. The largest absolute Gasteiger partial charge is 0.458 e. The van der Waals surface area contributed by atoms with Gasteiger partial charge in [0.1, 0.15) is 11.6 Å². The minimum Gasteiger partial charge on any atom is -0.458 e. The Hall–Kier alpha value is -1.20. The van der Waals surface area contributed by atoms with Gasteiger partial charge in [0.2, 0.25) is 0 Å². The predicted octanol–water partition coefficient (Wildman–Crippen LogP) is 2.24. The van der Waals surface area contributed by atoms with E-state index >= 15 is 0 Å². The van der Waals surface area contributed by atoms with E-state index in [9.17, 15) is 4.79 Å². The monoisotopic (exact) mass is 280 g/mol. The molecule has 0 fully saturated rings. The summed E-state index contributed by atoms with van der Waals surface area (Å²) in [5.41, 5.74) is 6.26. The van der Waals surface area contributed by atoms with Crippen LogP contribution in [0.2, 0.25) is 0 Å². The van der Waals surface area contributed by atoms with Gasteiger partial charge in [0.15, 0.2) is 0 Å². The van der Waals surface area contributed by atoms with Crippen LogP contribution in [0.25, 0.3) is 0 Å². The molecule has 2 atom stereocenters. The van der Waals surface area contributed by atoms with Gasteiger partial charge in [-0.2, -0.15) is 0 Å². The first-order valence-electron chi connectivity index (χ1n) is 6.36. The first-order chi connectivity index (χ1) is 8.90. The molecule has 1 aliphatic rings. The number of para-hydroxylation sites is 1. The van der Waals surface area contributed by atoms with Crippen LogP contribution in [0.1, 0.15) is 20.8 Å². The van der Waals surface area contributed by atoms with E-state index in [4.69, 9.17) is 10.5 Å². The molecule has 0 bridgehead atoms. The van der Waals surface area contributed by atoms with E-state index in [1.165, 1.54) is 0 Å². The lowest BCUT2D eigenvalue weighted by molar-refractivity contribution is -0.155. The third kappa shape index (κ3) is 3.42. The third-order valence-corrected chi connectivity index (χ3v) is 4.12. The summed E-state index contributed by atoms with van der Waals surface area (Å²) in [6, 6.07) is 7.52. The second-order valence-electron chi connectivity index (χ2n) is 5.54. The van der Waals surface area contributed by atoms with Crippen LogP contribution in [0.3, 0.4) is 0 Å². The maximum Gasteiger partial charge on any atom is 0.330 e. The molecule has 1 aliphatic heterocycles. The number of hydrogen-bond donors (Lipinski definition) is 2. The lowest BCUT2D eigenvalue weighted by Gasteiger charge is -2.33. The molecule has 0 saturated carbocycles. The van der Waals surface area contributed by atoms with Crippen LogP contribution in [0.15, 0.2) is 29.2 Å². The summed E-state index contributed by atoms with van der Waals surface area (Å²) in [5, 5.41) is 3.24. The molecule has 1 heterocycles. The molecule has 19 heavy (non-hydrogen) atoms. The first-order valence-corrected chi connectivity index (χ1v) is 7.24. The average Bonchev–Trinajstić information content (AvgIpc) is 2.35. The smallest absolute Gasteiger partial charge is 0.330 e. The van der Waals surface area contributed by atoms with Crippen molar-refractivity contribution in [1.29, 1.82) is 0 Å². The topological polar surface area (TPSA) is 64.3 Å². The molecule has 1 aromatic rings. The van der Waals surface area contributed by atoms with E-state index in [0.29, 0.717) is 6.54 Å². The van der Waals surface area contributed by atoms with E-state index in [1.54, 1.807) is 11.8 Å². The first kappa shape index (κ1) is 14.2. The van der Waals surface area contributed by atoms with E-state index in [-0.39, 0.29) is 11.2 Å². The van der Waals surface area contributed by atoms with Gasteiger partial charge < -0.3 is 15.8 Å². The number of nitrogens with two attached hydrogens (primary N) is 1. The Bertz CT molecular complexity index is 471. The summed E-state index contributed by atoms with van der Waals surface area (Å²) in [6.45, 7) is 6.03. The van der Waals surface area contributed by atoms with E-state index < -0.39 is 11.6 Å². The highest BCUT2D eigenvalue weighted by molar-refractivity contribution is 8.00. The van der Waals surface area contributed by atoms with Gasteiger partial charge in [0, 0.05) is 17.1 Å². The minimum atomic E-state index is -0.487. The van der Waals surface area contributed by atoms with Crippen molar-refractivity contribution in [3.8, 4) is 0 Å². The Morgan fingerprint density at radius 2 is 2.11 bits per heavy atom. The summed E-state index contributed by atoms with van der Waals surface area (Å²) in [4.78, 5) is 13.4. The summed E-state index contributed by atoms with van der Waals surface area (Å²) in [6.07, 6.45) is 0. The number of carbonyl (C=O) groups excluding carboxylic acids is 1. The summed E-state index contributed by atoms with van der Waals surface area (Å²) in [5.74, 6) is -0.245. The highest BCUT2D eigenvalue weighted by Gasteiger charge is 2.35.